The summed E-state index contributed by atoms with van der Waals surface area (Å²) in [6.45, 7) is 0.356. The first-order chi connectivity index (χ1) is 20.9. The van der Waals surface area contributed by atoms with Crippen molar-refractivity contribution in [2.24, 2.45) is 0 Å². The maximum absolute atomic E-state index is 13.2. The van der Waals surface area contributed by atoms with Crippen molar-refractivity contribution in [1.29, 1.82) is 0 Å². The molecule has 0 N–H and O–H groups in total. The third kappa shape index (κ3) is 6.57. The van der Waals surface area contributed by atoms with Gasteiger partial charge >= 0.3 is 0 Å². The Balaban J connectivity index is 1.34. The van der Waals surface area contributed by atoms with Crippen molar-refractivity contribution < 1.29 is 28.5 Å². The number of methoxy groups -OCH3 is 4. The average molecular weight is 597 g/mol. The second-order valence-electron chi connectivity index (χ2n) is 9.58. The molecule has 220 valence electrons. The van der Waals surface area contributed by atoms with E-state index in [0.717, 1.165) is 39.7 Å². The molecule has 4 aromatic rings. The zero-order valence-electron chi connectivity index (χ0n) is 24.4. The summed E-state index contributed by atoms with van der Waals surface area (Å²) in [4.78, 5) is 16.8. The second kappa shape index (κ2) is 13.3. The molecule has 0 aliphatic carbocycles. The number of carbonyl (C=O) groups excluding carboxylic acids is 1. The molecule has 0 radical (unpaired) electrons. The topological polar surface area (TPSA) is 69.7 Å². The molecular formula is C34H32N2O6S. The van der Waals surface area contributed by atoms with Crippen molar-refractivity contribution in [2.75, 3.05) is 39.9 Å². The third-order valence-corrected chi connectivity index (χ3v) is 7.39. The van der Waals surface area contributed by atoms with Crippen molar-refractivity contribution in [2.45, 2.75) is 6.42 Å². The predicted octanol–water partition coefficient (Wildman–Crippen LogP) is 6.92. The summed E-state index contributed by atoms with van der Waals surface area (Å²) in [6, 6.07) is 29.2. The molecule has 1 fully saturated rings. The van der Waals surface area contributed by atoms with Gasteiger partial charge in [-0.3, -0.25) is 9.69 Å². The fraction of sp³-hybridized carbons (Fsp3) is 0.176. The van der Waals surface area contributed by atoms with Crippen LogP contribution in [0.5, 0.6) is 23.0 Å². The minimum absolute atomic E-state index is 0.130. The highest BCUT2D eigenvalue weighted by molar-refractivity contribution is 7.80. The molecule has 1 amide bonds. The summed E-state index contributed by atoms with van der Waals surface area (Å²) in [5.74, 6) is 2.84. The molecule has 0 atom stereocenters. The molecule has 5 rings (SSSR count). The highest BCUT2D eigenvalue weighted by Crippen LogP contribution is 2.36. The minimum Gasteiger partial charge on any atom is -0.497 e. The molecule has 0 spiro atoms. The first-order valence-electron chi connectivity index (χ1n) is 13.6. The lowest BCUT2D eigenvalue weighted by Gasteiger charge is -2.26. The van der Waals surface area contributed by atoms with E-state index in [1.165, 1.54) is 4.90 Å². The van der Waals surface area contributed by atoms with Gasteiger partial charge in [0.1, 0.15) is 23.0 Å². The normalized spacial score (nSPS) is 13.6. The van der Waals surface area contributed by atoms with E-state index in [4.69, 9.17) is 35.9 Å². The van der Waals surface area contributed by atoms with E-state index in [9.17, 15) is 4.79 Å². The highest BCUT2D eigenvalue weighted by Gasteiger charge is 2.33. The van der Waals surface area contributed by atoms with E-state index in [0.29, 0.717) is 24.5 Å². The molecule has 0 unspecified atom stereocenters. The molecular weight excluding hydrogens is 564 g/mol. The number of carbonyl (C=O) groups is 1. The van der Waals surface area contributed by atoms with Crippen LogP contribution >= 0.6 is 12.2 Å². The second-order valence-corrected chi connectivity index (χ2v) is 9.93. The summed E-state index contributed by atoms with van der Waals surface area (Å²) in [6.07, 6.45) is 2.24. The summed E-state index contributed by atoms with van der Waals surface area (Å²) in [5, 5.41) is 0.130. The first-order valence-corrected chi connectivity index (χ1v) is 14.0. The van der Waals surface area contributed by atoms with Crippen molar-refractivity contribution in [3.05, 3.63) is 108 Å². The van der Waals surface area contributed by atoms with E-state index in [2.05, 4.69) is 4.90 Å². The molecule has 1 aliphatic rings. The third-order valence-electron chi connectivity index (χ3n) is 7.08. The van der Waals surface area contributed by atoms with Gasteiger partial charge in [-0.15, -0.1) is 0 Å². The lowest BCUT2D eigenvalue weighted by molar-refractivity contribution is -0.122. The fourth-order valence-corrected chi connectivity index (χ4v) is 5.03. The van der Waals surface area contributed by atoms with Crippen LogP contribution in [0.4, 0.5) is 17.1 Å². The van der Waals surface area contributed by atoms with Gasteiger partial charge in [-0.2, -0.15) is 0 Å². The van der Waals surface area contributed by atoms with Crippen molar-refractivity contribution in [3.8, 4) is 23.0 Å². The summed E-state index contributed by atoms with van der Waals surface area (Å²) in [5.41, 5.74) is 4.59. The Morgan fingerprint density at radius 3 is 1.74 bits per heavy atom. The van der Waals surface area contributed by atoms with Crippen LogP contribution in [0.2, 0.25) is 0 Å². The van der Waals surface area contributed by atoms with Gasteiger partial charge in [0.2, 0.25) is 0 Å². The summed E-state index contributed by atoms with van der Waals surface area (Å²) >= 11 is 5.39. The number of benzene rings is 4. The number of anilines is 3. The summed E-state index contributed by atoms with van der Waals surface area (Å²) in [7, 11) is 6.50. The lowest BCUT2D eigenvalue weighted by atomic mass is 10.1. The van der Waals surface area contributed by atoms with E-state index < -0.39 is 0 Å². The van der Waals surface area contributed by atoms with Crippen LogP contribution in [-0.4, -0.2) is 51.0 Å². The fourth-order valence-electron chi connectivity index (χ4n) is 4.76. The Bertz CT molecular complexity index is 1570. The molecule has 0 bridgehead atoms. The van der Waals surface area contributed by atoms with E-state index in [1.54, 1.807) is 34.5 Å². The monoisotopic (exact) mass is 596 g/mol. The molecule has 43 heavy (non-hydrogen) atoms. The number of hydrogen-bond donors (Lipinski definition) is 0. The minimum atomic E-state index is -0.278. The van der Waals surface area contributed by atoms with Crippen LogP contribution in [-0.2, 0) is 16.0 Å². The number of thiocarbonyl (C=S) groups is 1. The SMILES string of the molecule is COc1ccc(N(c2ccc(/C=C3/OC(=S)N(CCc4ccc(OC)cc4OC)C3=O)cc2)c2ccc(OC)cc2)cc1. The van der Waals surface area contributed by atoms with Gasteiger partial charge in [0, 0.05) is 29.7 Å². The number of rotatable bonds is 11. The van der Waals surface area contributed by atoms with Crippen molar-refractivity contribution in [1.82, 2.24) is 4.90 Å². The largest absolute Gasteiger partial charge is 0.497 e. The van der Waals surface area contributed by atoms with E-state index in [1.807, 2.05) is 91.0 Å². The number of ether oxygens (including phenoxy) is 5. The number of amides is 1. The molecule has 8 nitrogen and oxygen atoms in total. The van der Waals surface area contributed by atoms with Crippen molar-refractivity contribution in [3.63, 3.8) is 0 Å². The quantitative estimate of drug-likeness (QED) is 0.137. The molecule has 9 heteroatoms. The molecule has 4 aromatic carbocycles. The van der Waals surface area contributed by atoms with E-state index in [-0.39, 0.29) is 16.8 Å². The lowest BCUT2D eigenvalue weighted by Crippen LogP contribution is -2.30. The van der Waals surface area contributed by atoms with Crippen LogP contribution in [0.15, 0.2) is 96.8 Å². The maximum atomic E-state index is 13.2. The molecule has 0 saturated carbocycles. The summed E-state index contributed by atoms with van der Waals surface area (Å²) < 4.78 is 27.2. The molecule has 0 aromatic heterocycles. The Morgan fingerprint density at radius 1 is 0.721 bits per heavy atom. The van der Waals surface area contributed by atoms with Gasteiger partial charge < -0.3 is 28.6 Å². The Labute approximate surface area is 256 Å². The predicted molar refractivity (Wildman–Crippen MR) is 171 cm³/mol. The maximum Gasteiger partial charge on any atom is 0.297 e. The van der Waals surface area contributed by atoms with E-state index >= 15 is 0 Å². The van der Waals surface area contributed by atoms with Crippen LogP contribution in [0, 0.1) is 0 Å². The number of nitrogens with zero attached hydrogens (tertiary/aromatic N) is 2. The van der Waals surface area contributed by atoms with Crippen molar-refractivity contribution >= 4 is 46.4 Å². The molecule has 1 aliphatic heterocycles. The number of hydrogen-bond acceptors (Lipinski definition) is 8. The van der Waals surface area contributed by atoms with Gasteiger partial charge in [-0.25, -0.2) is 0 Å². The van der Waals surface area contributed by atoms with Gasteiger partial charge in [0.15, 0.2) is 5.76 Å². The van der Waals surface area contributed by atoms with Crippen LogP contribution < -0.4 is 23.8 Å². The highest BCUT2D eigenvalue weighted by atomic mass is 32.1. The van der Waals surface area contributed by atoms with Gasteiger partial charge in [0.05, 0.1) is 28.4 Å². The van der Waals surface area contributed by atoms with Gasteiger partial charge in [-0.1, -0.05) is 18.2 Å². The van der Waals surface area contributed by atoms with Crippen LogP contribution in [0.25, 0.3) is 6.08 Å². The Hall–Kier alpha value is -5.02. The van der Waals surface area contributed by atoms with Gasteiger partial charge in [-0.05, 0) is 103 Å². The zero-order valence-corrected chi connectivity index (χ0v) is 25.2. The Kier molecular flexibility index (Phi) is 9.12. The smallest absolute Gasteiger partial charge is 0.297 e. The van der Waals surface area contributed by atoms with Gasteiger partial charge in [0.25, 0.3) is 11.1 Å². The average Bonchev–Trinajstić information content (AvgIpc) is 3.32. The Morgan fingerprint density at radius 2 is 1.23 bits per heavy atom. The first kappa shape index (κ1) is 29.5. The molecule has 1 heterocycles. The zero-order chi connectivity index (χ0) is 30.3. The molecule has 1 saturated heterocycles. The van der Waals surface area contributed by atoms with Crippen LogP contribution in [0.3, 0.4) is 0 Å². The van der Waals surface area contributed by atoms with Crippen LogP contribution in [0.1, 0.15) is 11.1 Å². The standard InChI is InChI=1S/C34H32N2O6S/c1-38-28-15-10-26(11-16-28)36(27-12-17-29(39-2)18-13-27)25-8-5-23(6-9-25)21-32-33(37)35(34(43)42-32)20-19-24-7-14-30(40-3)22-31(24)41-4/h5-18,21-22H,19-20H2,1-4H3/b32-21+.